The summed E-state index contributed by atoms with van der Waals surface area (Å²) in [6, 6.07) is 4.36. The van der Waals surface area contributed by atoms with Crippen molar-refractivity contribution >= 4 is 11.8 Å². The number of hydrogen-bond donors (Lipinski definition) is 0. The van der Waals surface area contributed by atoms with E-state index in [4.69, 9.17) is 0 Å². The van der Waals surface area contributed by atoms with Gasteiger partial charge in [0.1, 0.15) is 0 Å². The summed E-state index contributed by atoms with van der Waals surface area (Å²) in [5.74, 6) is 0. The molecule has 1 aliphatic carbocycles. The van der Waals surface area contributed by atoms with E-state index in [-0.39, 0.29) is 0 Å². The van der Waals surface area contributed by atoms with Gasteiger partial charge in [-0.15, -0.1) is 11.8 Å². The SMILES string of the molecule is Cc1ccc(SC2CCCCC2)nc1C. The standard InChI is InChI=1S/C13H19NS/c1-10-8-9-13(14-11(10)2)15-12-6-4-3-5-7-12/h8-9,12H,3-7H2,1-2H3. The molecule has 0 bridgehead atoms. The lowest BCUT2D eigenvalue weighted by Gasteiger charge is -2.20. The molecule has 1 saturated carbocycles. The Morgan fingerprint density at radius 1 is 1.13 bits per heavy atom. The highest BCUT2D eigenvalue weighted by Gasteiger charge is 2.15. The van der Waals surface area contributed by atoms with Crippen LogP contribution in [0.5, 0.6) is 0 Å². The van der Waals surface area contributed by atoms with Gasteiger partial charge < -0.3 is 0 Å². The number of nitrogens with zero attached hydrogens (tertiary/aromatic N) is 1. The van der Waals surface area contributed by atoms with Crippen LogP contribution in [0.4, 0.5) is 0 Å². The summed E-state index contributed by atoms with van der Waals surface area (Å²) in [5, 5.41) is 2.03. The monoisotopic (exact) mass is 221 g/mol. The third kappa shape index (κ3) is 2.97. The fourth-order valence-electron chi connectivity index (χ4n) is 2.03. The van der Waals surface area contributed by atoms with E-state index in [0.717, 1.165) is 5.25 Å². The van der Waals surface area contributed by atoms with Gasteiger partial charge in [0.15, 0.2) is 0 Å². The second-order valence-electron chi connectivity index (χ2n) is 4.43. The number of rotatable bonds is 2. The van der Waals surface area contributed by atoms with Gasteiger partial charge in [-0.25, -0.2) is 4.98 Å². The molecule has 1 aliphatic rings. The maximum Gasteiger partial charge on any atom is 0.0965 e. The Morgan fingerprint density at radius 3 is 2.53 bits per heavy atom. The molecule has 2 rings (SSSR count). The zero-order chi connectivity index (χ0) is 10.7. The van der Waals surface area contributed by atoms with Crippen molar-refractivity contribution in [1.82, 2.24) is 4.98 Å². The number of aromatic nitrogens is 1. The zero-order valence-electron chi connectivity index (χ0n) is 9.62. The number of thioether (sulfide) groups is 1. The van der Waals surface area contributed by atoms with Gasteiger partial charge in [-0.3, -0.25) is 0 Å². The second kappa shape index (κ2) is 5.02. The molecular formula is C13H19NS. The van der Waals surface area contributed by atoms with Crippen LogP contribution in [0.1, 0.15) is 43.4 Å². The molecule has 0 amide bonds. The van der Waals surface area contributed by atoms with E-state index in [2.05, 4.69) is 31.0 Å². The quantitative estimate of drug-likeness (QED) is 0.745. The van der Waals surface area contributed by atoms with Gasteiger partial charge in [-0.1, -0.05) is 25.3 Å². The van der Waals surface area contributed by atoms with Gasteiger partial charge in [0.05, 0.1) is 5.03 Å². The van der Waals surface area contributed by atoms with Gasteiger partial charge >= 0.3 is 0 Å². The molecule has 1 heterocycles. The average molecular weight is 221 g/mol. The molecule has 82 valence electrons. The number of pyridine rings is 1. The molecule has 1 fully saturated rings. The maximum absolute atomic E-state index is 4.63. The van der Waals surface area contributed by atoms with E-state index < -0.39 is 0 Å². The minimum atomic E-state index is 0.813. The van der Waals surface area contributed by atoms with E-state index in [0.29, 0.717) is 0 Å². The predicted molar refractivity (Wildman–Crippen MR) is 66.4 cm³/mol. The third-order valence-electron chi connectivity index (χ3n) is 3.16. The zero-order valence-corrected chi connectivity index (χ0v) is 10.4. The molecule has 0 atom stereocenters. The lowest BCUT2D eigenvalue weighted by atomic mass is 10.0. The lowest BCUT2D eigenvalue weighted by molar-refractivity contribution is 0.515. The number of hydrogen-bond acceptors (Lipinski definition) is 2. The van der Waals surface area contributed by atoms with Crippen LogP contribution < -0.4 is 0 Å². The van der Waals surface area contributed by atoms with Crippen LogP contribution in [0.3, 0.4) is 0 Å². The van der Waals surface area contributed by atoms with Crippen LogP contribution in [0.25, 0.3) is 0 Å². The largest absolute Gasteiger partial charge is 0.247 e. The normalized spacial score (nSPS) is 18.0. The predicted octanol–water partition coefficient (Wildman–Crippen LogP) is 4.12. The van der Waals surface area contributed by atoms with Gasteiger partial charge in [-0.2, -0.15) is 0 Å². The van der Waals surface area contributed by atoms with Crippen molar-refractivity contribution in [3.63, 3.8) is 0 Å². The minimum Gasteiger partial charge on any atom is -0.247 e. The fourth-order valence-corrected chi connectivity index (χ4v) is 3.27. The maximum atomic E-state index is 4.63. The Kier molecular flexibility index (Phi) is 3.68. The van der Waals surface area contributed by atoms with E-state index in [9.17, 15) is 0 Å². The highest BCUT2D eigenvalue weighted by molar-refractivity contribution is 7.99. The Balaban J connectivity index is 2.00. The van der Waals surface area contributed by atoms with E-state index >= 15 is 0 Å². The summed E-state index contributed by atoms with van der Waals surface area (Å²) in [5.41, 5.74) is 2.47. The molecule has 0 unspecified atom stereocenters. The van der Waals surface area contributed by atoms with E-state index in [1.54, 1.807) is 0 Å². The van der Waals surface area contributed by atoms with Crippen LogP contribution in [-0.4, -0.2) is 10.2 Å². The molecule has 0 N–H and O–H groups in total. The molecule has 0 aliphatic heterocycles. The van der Waals surface area contributed by atoms with Crippen LogP contribution in [0, 0.1) is 13.8 Å². The van der Waals surface area contributed by atoms with Crippen LogP contribution >= 0.6 is 11.8 Å². The van der Waals surface area contributed by atoms with Crippen molar-refractivity contribution in [2.75, 3.05) is 0 Å². The summed E-state index contributed by atoms with van der Waals surface area (Å²) in [4.78, 5) is 4.63. The fraction of sp³-hybridized carbons (Fsp3) is 0.615. The van der Waals surface area contributed by atoms with Crippen molar-refractivity contribution < 1.29 is 0 Å². The van der Waals surface area contributed by atoms with Crippen LogP contribution in [0.15, 0.2) is 17.2 Å². The Morgan fingerprint density at radius 2 is 1.87 bits per heavy atom. The Labute approximate surface area is 96.7 Å². The smallest absolute Gasteiger partial charge is 0.0965 e. The molecule has 0 radical (unpaired) electrons. The molecule has 1 aromatic heterocycles. The van der Waals surface area contributed by atoms with Gasteiger partial charge in [-0.05, 0) is 38.3 Å². The van der Waals surface area contributed by atoms with Crippen molar-refractivity contribution in [3.05, 3.63) is 23.4 Å². The molecule has 1 aromatic rings. The van der Waals surface area contributed by atoms with Gasteiger partial charge in [0.25, 0.3) is 0 Å². The van der Waals surface area contributed by atoms with Gasteiger partial charge in [0, 0.05) is 10.9 Å². The summed E-state index contributed by atoms with van der Waals surface area (Å²) in [7, 11) is 0. The number of aryl methyl sites for hydroxylation is 2. The first-order valence-corrected chi connectivity index (χ1v) is 6.74. The lowest BCUT2D eigenvalue weighted by Crippen LogP contribution is -2.08. The molecular weight excluding hydrogens is 202 g/mol. The van der Waals surface area contributed by atoms with Crippen molar-refractivity contribution in [3.8, 4) is 0 Å². The third-order valence-corrected chi connectivity index (χ3v) is 4.44. The first-order valence-electron chi connectivity index (χ1n) is 5.86. The van der Waals surface area contributed by atoms with Crippen molar-refractivity contribution in [1.29, 1.82) is 0 Å². The highest BCUT2D eigenvalue weighted by atomic mass is 32.2. The Hall–Kier alpha value is -0.500. The molecule has 1 nitrogen and oxygen atoms in total. The van der Waals surface area contributed by atoms with E-state index in [1.807, 2.05) is 11.8 Å². The molecule has 2 heteroatoms. The molecule has 15 heavy (non-hydrogen) atoms. The van der Waals surface area contributed by atoms with E-state index in [1.165, 1.54) is 48.4 Å². The minimum absolute atomic E-state index is 0.813. The first-order chi connectivity index (χ1) is 7.25. The molecule has 0 saturated heterocycles. The summed E-state index contributed by atoms with van der Waals surface area (Å²) >= 11 is 1.98. The second-order valence-corrected chi connectivity index (χ2v) is 5.75. The van der Waals surface area contributed by atoms with Crippen molar-refractivity contribution in [2.24, 2.45) is 0 Å². The van der Waals surface area contributed by atoms with Crippen molar-refractivity contribution in [2.45, 2.75) is 56.2 Å². The Bertz CT molecular complexity index is 329. The molecule has 0 aromatic carbocycles. The van der Waals surface area contributed by atoms with Crippen LogP contribution in [0.2, 0.25) is 0 Å². The van der Waals surface area contributed by atoms with Gasteiger partial charge in [0.2, 0.25) is 0 Å². The highest BCUT2D eigenvalue weighted by Crippen LogP contribution is 2.32. The molecule has 0 spiro atoms. The first kappa shape index (κ1) is 11.0. The average Bonchev–Trinajstić information content (AvgIpc) is 2.25. The summed E-state index contributed by atoms with van der Waals surface area (Å²) < 4.78 is 0. The van der Waals surface area contributed by atoms with Crippen LogP contribution in [-0.2, 0) is 0 Å². The topological polar surface area (TPSA) is 12.9 Å². The summed E-state index contributed by atoms with van der Waals surface area (Å²) in [6.07, 6.45) is 6.99. The summed E-state index contributed by atoms with van der Waals surface area (Å²) in [6.45, 7) is 4.22.